The average Bonchev–Trinajstić information content (AvgIpc) is 3.42. The first-order valence-electron chi connectivity index (χ1n) is 12.8. The SMILES string of the molecule is CN(Cc1ccc(-c2ccccc2S(N)(=O)=O)cc1)C(=O)[C@@H]1CCC[C@H]1C(=O)NCc1ccc(OC(F)F)cc1. The number of sulfonamides is 1. The van der Waals surface area contributed by atoms with Gasteiger partial charge in [-0.05, 0) is 47.7 Å². The molecule has 212 valence electrons. The van der Waals surface area contributed by atoms with Gasteiger partial charge >= 0.3 is 6.61 Å². The number of rotatable bonds is 10. The fourth-order valence-electron chi connectivity index (χ4n) is 5.06. The first-order chi connectivity index (χ1) is 19.0. The zero-order valence-corrected chi connectivity index (χ0v) is 22.7. The molecule has 1 saturated carbocycles. The molecule has 2 atom stereocenters. The van der Waals surface area contributed by atoms with E-state index in [9.17, 15) is 26.8 Å². The van der Waals surface area contributed by atoms with Gasteiger partial charge in [0.25, 0.3) is 0 Å². The number of ether oxygens (including phenoxy) is 1. The third kappa shape index (κ3) is 7.22. The third-order valence-corrected chi connectivity index (χ3v) is 8.01. The standard InChI is InChI=1S/C29H31F2N3O5S/c1-34(18-20-9-13-21(14-10-20)23-5-2-3-8-26(23)40(32,37)38)28(36)25-7-4-6-24(25)27(35)33-17-19-11-15-22(16-12-19)39-29(30)31/h2-3,5,8-16,24-25,29H,4,6-7,17-18H2,1H3,(H,33,35)(H2,32,37,38)/t24-,25-/m1/s1. The molecule has 11 heteroatoms. The molecule has 0 aliphatic heterocycles. The smallest absolute Gasteiger partial charge is 0.387 e. The van der Waals surface area contributed by atoms with Crippen LogP contribution in [0.2, 0.25) is 0 Å². The molecule has 1 fully saturated rings. The van der Waals surface area contributed by atoms with Crippen LogP contribution in [0.15, 0.2) is 77.7 Å². The van der Waals surface area contributed by atoms with Crippen LogP contribution < -0.4 is 15.2 Å². The van der Waals surface area contributed by atoms with Crippen molar-refractivity contribution in [3.05, 3.63) is 83.9 Å². The summed E-state index contributed by atoms with van der Waals surface area (Å²) in [4.78, 5) is 27.9. The first kappa shape index (κ1) is 29.2. The Morgan fingerprint density at radius 2 is 1.60 bits per heavy atom. The summed E-state index contributed by atoms with van der Waals surface area (Å²) >= 11 is 0. The number of hydrogen-bond donors (Lipinski definition) is 2. The van der Waals surface area contributed by atoms with Gasteiger partial charge in [0.05, 0.1) is 4.90 Å². The van der Waals surface area contributed by atoms with Crippen LogP contribution >= 0.6 is 0 Å². The van der Waals surface area contributed by atoms with Gasteiger partial charge in [-0.25, -0.2) is 13.6 Å². The van der Waals surface area contributed by atoms with Gasteiger partial charge in [0.2, 0.25) is 21.8 Å². The van der Waals surface area contributed by atoms with Crippen molar-refractivity contribution in [3.63, 3.8) is 0 Å². The van der Waals surface area contributed by atoms with E-state index in [0.29, 0.717) is 30.5 Å². The molecule has 0 bridgehead atoms. The maximum atomic E-state index is 13.3. The summed E-state index contributed by atoms with van der Waals surface area (Å²) in [6.07, 6.45) is 1.99. The molecule has 1 aliphatic carbocycles. The van der Waals surface area contributed by atoms with Crippen molar-refractivity contribution in [3.8, 4) is 16.9 Å². The fraction of sp³-hybridized carbons (Fsp3) is 0.310. The van der Waals surface area contributed by atoms with Crippen LogP contribution in [0.1, 0.15) is 30.4 Å². The molecule has 0 unspecified atom stereocenters. The number of alkyl halides is 2. The highest BCUT2D eigenvalue weighted by atomic mass is 32.2. The van der Waals surface area contributed by atoms with Crippen molar-refractivity contribution in [2.45, 2.75) is 43.9 Å². The van der Waals surface area contributed by atoms with Crippen molar-refractivity contribution in [2.24, 2.45) is 17.0 Å². The summed E-state index contributed by atoms with van der Waals surface area (Å²) in [5.41, 5.74) is 2.76. The Morgan fingerprint density at radius 3 is 2.25 bits per heavy atom. The minimum Gasteiger partial charge on any atom is -0.435 e. The molecule has 0 radical (unpaired) electrons. The number of primary sulfonamides is 1. The van der Waals surface area contributed by atoms with Crippen LogP contribution in [-0.2, 0) is 32.7 Å². The van der Waals surface area contributed by atoms with E-state index in [1.165, 1.54) is 18.2 Å². The van der Waals surface area contributed by atoms with Gasteiger partial charge in [0.1, 0.15) is 5.75 Å². The van der Waals surface area contributed by atoms with E-state index >= 15 is 0 Å². The van der Waals surface area contributed by atoms with Crippen LogP contribution in [0.5, 0.6) is 5.75 Å². The summed E-state index contributed by atoms with van der Waals surface area (Å²) in [6.45, 7) is -2.37. The highest BCUT2D eigenvalue weighted by Crippen LogP contribution is 2.34. The van der Waals surface area contributed by atoms with Crippen LogP contribution in [-0.4, -0.2) is 38.8 Å². The number of benzene rings is 3. The van der Waals surface area contributed by atoms with Crippen molar-refractivity contribution in [2.75, 3.05) is 7.05 Å². The van der Waals surface area contributed by atoms with Crippen molar-refractivity contribution in [1.82, 2.24) is 10.2 Å². The van der Waals surface area contributed by atoms with E-state index in [1.807, 2.05) is 12.1 Å². The molecule has 0 spiro atoms. The van der Waals surface area contributed by atoms with Crippen LogP contribution in [0.4, 0.5) is 8.78 Å². The van der Waals surface area contributed by atoms with Crippen molar-refractivity contribution < 1.29 is 31.5 Å². The Balaban J connectivity index is 1.35. The van der Waals surface area contributed by atoms with Gasteiger partial charge in [-0.15, -0.1) is 0 Å². The highest BCUT2D eigenvalue weighted by molar-refractivity contribution is 7.89. The molecule has 2 amide bonds. The Bertz CT molecular complexity index is 1450. The first-order valence-corrected chi connectivity index (χ1v) is 14.3. The lowest BCUT2D eigenvalue weighted by molar-refractivity contribution is -0.140. The largest absolute Gasteiger partial charge is 0.435 e. The topological polar surface area (TPSA) is 119 Å². The highest BCUT2D eigenvalue weighted by Gasteiger charge is 2.38. The predicted molar refractivity (Wildman–Crippen MR) is 145 cm³/mol. The minimum absolute atomic E-state index is 0.0394. The number of carbonyl (C=O) groups excluding carboxylic acids is 2. The summed E-state index contributed by atoms with van der Waals surface area (Å²) in [7, 11) is -2.19. The molecule has 8 nitrogen and oxygen atoms in total. The molecule has 4 rings (SSSR count). The number of halogens is 2. The molecule has 3 aromatic rings. The monoisotopic (exact) mass is 571 g/mol. The van der Waals surface area contributed by atoms with Gasteiger partial charge < -0.3 is 15.0 Å². The zero-order valence-electron chi connectivity index (χ0n) is 21.9. The lowest BCUT2D eigenvalue weighted by atomic mass is 9.93. The van der Waals surface area contributed by atoms with Crippen molar-refractivity contribution >= 4 is 21.8 Å². The normalized spacial score (nSPS) is 17.0. The Kier molecular flexibility index (Phi) is 9.16. The molecule has 1 aliphatic rings. The number of amides is 2. The molecular weight excluding hydrogens is 540 g/mol. The minimum atomic E-state index is -3.89. The second-order valence-corrected chi connectivity index (χ2v) is 11.3. The summed E-state index contributed by atoms with van der Waals surface area (Å²) in [5, 5.41) is 8.22. The second kappa shape index (κ2) is 12.6. The third-order valence-electron chi connectivity index (χ3n) is 7.04. The molecule has 0 heterocycles. The molecule has 3 aromatic carbocycles. The Morgan fingerprint density at radius 1 is 0.975 bits per heavy atom. The van der Waals surface area contributed by atoms with Crippen LogP contribution in [0.3, 0.4) is 0 Å². The van der Waals surface area contributed by atoms with Gasteiger partial charge in [-0.1, -0.05) is 61.0 Å². The van der Waals surface area contributed by atoms with Crippen LogP contribution in [0.25, 0.3) is 11.1 Å². The van der Waals surface area contributed by atoms with E-state index < -0.39 is 28.5 Å². The maximum Gasteiger partial charge on any atom is 0.387 e. The van der Waals surface area contributed by atoms with Gasteiger partial charge in [0, 0.05) is 37.5 Å². The predicted octanol–water partition coefficient (Wildman–Crippen LogP) is 4.29. The number of hydrogen-bond acceptors (Lipinski definition) is 5. The zero-order chi connectivity index (χ0) is 28.9. The Hall–Kier alpha value is -3.83. The van der Waals surface area contributed by atoms with Crippen molar-refractivity contribution in [1.29, 1.82) is 0 Å². The quantitative estimate of drug-likeness (QED) is 0.376. The lowest BCUT2D eigenvalue weighted by Crippen LogP contribution is -2.40. The Labute approximate surface area is 232 Å². The summed E-state index contributed by atoms with van der Waals surface area (Å²) in [5.74, 6) is -1.18. The van der Waals surface area contributed by atoms with Crippen LogP contribution in [0, 0.1) is 11.8 Å². The van der Waals surface area contributed by atoms with Gasteiger partial charge in [-0.2, -0.15) is 8.78 Å². The molecule has 0 aromatic heterocycles. The molecule has 0 saturated heterocycles. The van der Waals surface area contributed by atoms with E-state index in [4.69, 9.17) is 5.14 Å². The van der Waals surface area contributed by atoms with Gasteiger partial charge in [-0.3, -0.25) is 9.59 Å². The maximum absolute atomic E-state index is 13.3. The molecule has 40 heavy (non-hydrogen) atoms. The molecule has 3 N–H and O–H groups in total. The summed E-state index contributed by atoms with van der Waals surface area (Å²) in [6, 6.07) is 19.7. The van der Waals surface area contributed by atoms with E-state index in [0.717, 1.165) is 17.5 Å². The van der Waals surface area contributed by atoms with E-state index in [1.54, 1.807) is 54.4 Å². The fourth-order valence-corrected chi connectivity index (χ4v) is 5.82. The second-order valence-electron chi connectivity index (χ2n) is 9.82. The number of nitrogens with one attached hydrogen (secondary N) is 1. The van der Waals surface area contributed by atoms with E-state index in [2.05, 4.69) is 10.1 Å². The molecular formula is C29H31F2N3O5S. The lowest BCUT2D eigenvalue weighted by Gasteiger charge is -2.25. The van der Waals surface area contributed by atoms with Gasteiger partial charge in [0.15, 0.2) is 0 Å². The van der Waals surface area contributed by atoms with E-state index in [-0.39, 0.29) is 29.0 Å². The number of nitrogens with two attached hydrogens (primary N) is 1. The number of carbonyl (C=O) groups is 2. The number of nitrogens with zero attached hydrogens (tertiary/aromatic N) is 1. The average molecular weight is 572 g/mol. The summed E-state index contributed by atoms with van der Waals surface area (Å²) < 4.78 is 52.9.